The van der Waals surface area contributed by atoms with Crippen molar-refractivity contribution in [1.82, 2.24) is 14.9 Å². The van der Waals surface area contributed by atoms with E-state index in [1.807, 2.05) is 26.8 Å². The number of aldehydes is 1. The molecule has 1 aliphatic carbocycles. The van der Waals surface area contributed by atoms with Crippen LogP contribution in [0.25, 0.3) is 11.0 Å². The zero-order valence-corrected chi connectivity index (χ0v) is 26.0. The van der Waals surface area contributed by atoms with Crippen LogP contribution in [0.15, 0.2) is 18.2 Å². The van der Waals surface area contributed by atoms with Crippen LogP contribution >= 0.6 is 0 Å². The quantitative estimate of drug-likeness (QED) is 0.325. The number of methoxy groups -OCH3 is 1. The number of carbonyl (C=O) groups is 3. The van der Waals surface area contributed by atoms with Gasteiger partial charge in [-0.25, -0.2) is 18.7 Å². The molecule has 2 aromatic rings. The summed E-state index contributed by atoms with van der Waals surface area (Å²) in [5.41, 5.74) is 1.13. The van der Waals surface area contributed by atoms with Crippen molar-refractivity contribution in [3.63, 3.8) is 0 Å². The minimum absolute atomic E-state index is 0.0940. The molecule has 2 bridgehead atoms. The monoisotopic (exact) mass is 615 g/mol. The van der Waals surface area contributed by atoms with Gasteiger partial charge in [-0.3, -0.25) is 9.59 Å². The van der Waals surface area contributed by atoms with E-state index in [1.165, 1.54) is 4.90 Å². The number of fused-ring (bicyclic) bond motifs is 5. The molecule has 5 rings (SSSR count). The van der Waals surface area contributed by atoms with Gasteiger partial charge in [0.2, 0.25) is 18.2 Å². The molecule has 0 spiro atoms. The Balaban J connectivity index is 1.52. The van der Waals surface area contributed by atoms with E-state index < -0.39 is 54.1 Å². The summed E-state index contributed by atoms with van der Waals surface area (Å²) in [5, 5.41) is 0. The lowest BCUT2D eigenvalue weighted by Gasteiger charge is -2.34. The number of hydrogen-bond donors (Lipinski definition) is 0. The van der Waals surface area contributed by atoms with Crippen molar-refractivity contribution in [2.45, 2.75) is 103 Å². The van der Waals surface area contributed by atoms with E-state index in [1.54, 1.807) is 19.2 Å². The first-order valence-electron chi connectivity index (χ1n) is 15.7. The molecule has 0 N–H and O–H groups in total. The van der Waals surface area contributed by atoms with Crippen LogP contribution in [0.1, 0.15) is 77.8 Å². The number of ether oxygens (including phenoxy) is 3. The number of aryl methyl sites for hydroxylation is 1. The second-order valence-electron chi connectivity index (χ2n) is 13.5. The number of aromatic nitrogens is 2. The first kappa shape index (κ1) is 32.0. The molecule has 1 saturated carbocycles. The molecule has 3 heterocycles. The van der Waals surface area contributed by atoms with Crippen LogP contribution in [0.5, 0.6) is 11.6 Å². The van der Waals surface area contributed by atoms with Gasteiger partial charge in [0.15, 0.2) is 0 Å². The van der Waals surface area contributed by atoms with Gasteiger partial charge in [-0.05, 0) is 49.1 Å². The molecule has 11 heteroatoms. The molecule has 1 aromatic heterocycles. The van der Waals surface area contributed by atoms with Gasteiger partial charge in [0.05, 0.1) is 43.1 Å². The minimum atomic E-state index is -2.72. The van der Waals surface area contributed by atoms with Crippen LogP contribution in [0.3, 0.4) is 0 Å². The maximum absolute atomic E-state index is 14.1. The number of hydrogen-bond acceptors (Lipinski definition) is 8. The predicted molar refractivity (Wildman–Crippen MR) is 159 cm³/mol. The van der Waals surface area contributed by atoms with E-state index in [0.717, 1.165) is 38.5 Å². The van der Waals surface area contributed by atoms with Crippen LogP contribution in [0, 0.1) is 23.2 Å². The summed E-state index contributed by atoms with van der Waals surface area (Å²) in [5.74, 6) is -1.55. The van der Waals surface area contributed by atoms with Gasteiger partial charge in [-0.1, -0.05) is 40.0 Å². The van der Waals surface area contributed by atoms with Gasteiger partial charge in [0.25, 0.3) is 0 Å². The molecule has 44 heavy (non-hydrogen) atoms. The third-order valence-electron chi connectivity index (χ3n) is 9.29. The number of amides is 1. The van der Waals surface area contributed by atoms with E-state index in [0.29, 0.717) is 41.1 Å². The van der Waals surface area contributed by atoms with Crippen LogP contribution in [0.4, 0.5) is 8.78 Å². The van der Waals surface area contributed by atoms with Gasteiger partial charge in [-0.2, -0.15) is 0 Å². The van der Waals surface area contributed by atoms with E-state index in [4.69, 9.17) is 24.2 Å². The summed E-state index contributed by atoms with van der Waals surface area (Å²) < 4.78 is 45.3. The van der Waals surface area contributed by atoms with Gasteiger partial charge in [0, 0.05) is 18.4 Å². The number of nitrogens with zero attached hydrogens (tertiary/aromatic N) is 3. The molecule has 3 aliphatic rings. The normalized spacial score (nSPS) is 28.7. The summed E-state index contributed by atoms with van der Waals surface area (Å²) in [6.07, 6.45) is 2.19. The van der Waals surface area contributed by atoms with Crippen molar-refractivity contribution < 1.29 is 37.4 Å². The molecule has 6 atom stereocenters. The lowest BCUT2D eigenvalue weighted by molar-refractivity contribution is -0.154. The van der Waals surface area contributed by atoms with E-state index >= 15 is 0 Å². The zero-order valence-electron chi connectivity index (χ0n) is 26.0. The largest absolute Gasteiger partial charge is 0.497 e. The Morgan fingerprint density at radius 2 is 1.84 bits per heavy atom. The van der Waals surface area contributed by atoms with Gasteiger partial charge < -0.3 is 23.9 Å². The van der Waals surface area contributed by atoms with Gasteiger partial charge >= 0.3 is 5.97 Å². The third kappa shape index (κ3) is 7.29. The highest BCUT2D eigenvalue weighted by Crippen LogP contribution is 2.41. The van der Waals surface area contributed by atoms with Crippen molar-refractivity contribution in [1.29, 1.82) is 0 Å². The number of esters is 1. The standard InChI is InChI=1S/C33H43F2N3O6/c1-33(2,3)22-16-30(40)43-27-13-19(27)9-7-5-6-8-10-24-31(37-25-14-20(42-4)11-12-23(25)36-24)44-28-17-38(32(22)41)26(18-39)21(28)15-29(34)35/h11-12,14,18-19,21-22,26-29H,5-10,13,15-17H2,1-4H3/t19-,21+,22-,26-,27-,28+/m1/s1. The molecule has 1 aromatic carbocycles. The summed E-state index contributed by atoms with van der Waals surface area (Å²) >= 11 is 0. The maximum Gasteiger partial charge on any atom is 0.306 e. The zero-order chi connectivity index (χ0) is 31.6. The lowest BCUT2D eigenvalue weighted by atomic mass is 9.77. The van der Waals surface area contributed by atoms with Crippen molar-refractivity contribution in [2.75, 3.05) is 13.7 Å². The fourth-order valence-electron chi connectivity index (χ4n) is 6.59. The lowest BCUT2D eigenvalue weighted by Crippen LogP contribution is -2.46. The topological polar surface area (TPSA) is 108 Å². The van der Waals surface area contributed by atoms with Crippen LogP contribution in [0.2, 0.25) is 0 Å². The molecule has 0 radical (unpaired) electrons. The molecule has 9 nitrogen and oxygen atoms in total. The van der Waals surface area contributed by atoms with E-state index in [9.17, 15) is 23.2 Å². The second-order valence-corrected chi connectivity index (χ2v) is 13.5. The highest BCUT2D eigenvalue weighted by molar-refractivity contribution is 5.87. The number of halogens is 2. The average molecular weight is 616 g/mol. The number of benzene rings is 1. The number of rotatable bonds is 4. The summed E-state index contributed by atoms with van der Waals surface area (Å²) in [6.45, 7) is 5.45. The summed E-state index contributed by atoms with van der Waals surface area (Å²) in [7, 11) is 1.55. The SMILES string of the molecule is COc1ccc2nc3c(nc2c1)O[C@H]1CN(C(=O)[C@H](C(C)(C)C)CC(=O)O[C@@H]2C[C@H]2CCCCCC3)[C@H](C=O)[C@@H]1CC(F)F. The number of carbonyl (C=O) groups excluding carboxylic acids is 3. The smallest absolute Gasteiger partial charge is 0.306 e. The van der Waals surface area contributed by atoms with E-state index in [2.05, 4.69) is 0 Å². The Labute approximate surface area is 257 Å². The molecule has 240 valence electrons. The third-order valence-corrected chi connectivity index (χ3v) is 9.29. The van der Waals surface area contributed by atoms with Crippen molar-refractivity contribution in [3.05, 3.63) is 23.9 Å². The van der Waals surface area contributed by atoms with Gasteiger partial charge in [-0.15, -0.1) is 0 Å². The van der Waals surface area contributed by atoms with Crippen LogP contribution in [-0.2, 0) is 25.5 Å². The highest BCUT2D eigenvalue weighted by Gasteiger charge is 2.50. The Morgan fingerprint density at radius 1 is 1.07 bits per heavy atom. The van der Waals surface area contributed by atoms with Crippen LogP contribution < -0.4 is 9.47 Å². The first-order valence-corrected chi connectivity index (χ1v) is 15.7. The summed E-state index contributed by atoms with van der Waals surface area (Å²) in [4.78, 5) is 50.5. The fourth-order valence-corrected chi connectivity index (χ4v) is 6.59. The van der Waals surface area contributed by atoms with Crippen molar-refractivity contribution in [3.8, 4) is 11.6 Å². The van der Waals surface area contributed by atoms with Crippen LogP contribution in [-0.4, -0.2) is 71.4 Å². The Hall–Kier alpha value is -3.37. The Morgan fingerprint density at radius 3 is 2.55 bits per heavy atom. The molecule has 0 unspecified atom stereocenters. The fraction of sp³-hybridized carbons (Fsp3) is 0.667. The maximum atomic E-state index is 14.1. The molecule has 1 saturated heterocycles. The predicted octanol–water partition coefficient (Wildman–Crippen LogP) is 5.56. The molecular weight excluding hydrogens is 572 g/mol. The molecule has 1 amide bonds. The number of alkyl halides is 2. The minimum Gasteiger partial charge on any atom is -0.497 e. The van der Waals surface area contributed by atoms with Crippen molar-refractivity contribution in [2.24, 2.45) is 23.2 Å². The first-order chi connectivity index (χ1) is 21.0. The average Bonchev–Trinajstić information content (AvgIpc) is 3.61. The van der Waals surface area contributed by atoms with E-state index in [-0.39, 0.29) is 24.9 Å². The van der Waals surface area contributed by atoms with Gasteiger partial charge in [0.1, 0.15) is 29.9 Å². The van der Waals surface area contributed by atoms with Crippen molar-refractivity contribution >= 4 is 29.2 Å². The Kier molecular flexibility index (Phi) is 9.70. The molecular formula is C33H43F2N3O6. The molecule has 2 aliphatic heterocycles. The highest BCUT2D eigenvalue weighted by atomic mass is 19.3. The Bertz CT molecular complexity index is 1370. The summed E-state index contributed by atoms with van der Waals surface area (Å²) in [6, 6.07) is 4.20. The second kappa shape index (κ2) is 13.3. The molecule has 2 fully saturated rings.